The van der Waals surface area contributed by atoms with E-state index in [-0.39, 0.29) is 26.4 Å². The van der Waals surface area contributed by atoms with Gasteiger partial charge >= 0.3 is 5.97 Å². The summed E-state index contributed by atoms with van der Waals surface area (Å²) < 4.78 is 29.9. The Hall–Kier alpha value is -3.07. The van der Waals surface area contributed by atoms with Crippen LogP contribution in [-0.4, -0.2) is 48.4 Å². The van der Waals surface area contributed by atoms with Crippen LogP contribution in [0, 0.1) is 0 Å². The molecule has 5 atom stereocenters. The van der Waals surface area contributed by atoms with E-state index in [4.69, 9.17) is 23.7 Å². The van der Waals surface area contributed by atoms with Gasteiger partial charge in [-0.15, -0.1) is 0 Å². The van der Waals surface area contributed by atoms with Crippen LogP contribution in [0.5, 0.6) is 0 Å². The zero-order valence-corrected chi connectivity index (χ0v) is 20.3. The molecule has 0 amide bonds. The third kappa shape index (κ3) is 7.46. The lowest BCUT2D eigenvalue weighted by atomic mass is 9.98. The van der Waals surface area contributed by atoms with Crippen molar-refractivity contribution >= 4 is 5.97 Å². The summed E-state index contributed by atoms with van der Waals surface area (Å²) in [4.78, 5) is 11.5. The number of hydrogen-bond acceptors (Lipinski definition) is 7. The van der Waals surface area contributed by atoms with E-state index in [1.807, 2.05) is 91.0 Å². The first kappa shape index (κ1) is 26.0. The highest BCUT2D eigenvalue weighted by molar-refractivity contribution is 5.65. The van der Waals surface area contributed by atoms with Gasteiger partial charge in [0.05, 0.1) is 19.8 Å². The topological polar surface area (TPSA) is 83.5 Å². The van der Waals surface area contributed by atoms with Gasteiger partial charge in [0.1, 0.15) is 31.0 Å². The zero-order valence-electron chi connectivity index (χ0n) is 20.3. The third-order valence-corrected chi connectivity index (χ3v) is 5.92. The van der Waals surface area contributed by atoms with Gasteiger partial charge in [0, 0.05) is 6.92 Å². The minimum absolute atomic E-state index is 0.0809. The largest absolute Gasteiger partial charge is 0.463 e. The Balaban J connectivity index is 1.57. The van der Waals surface area contributed by atoms with Gasteiger partial charge in [-0.3, -0.25) is 4.79 Å². The van der Waals surface area contributed by atoms with Crippen LogP contribution in [0.3, 0.4) is 0 Å². The van der Waals surface area contributed by atoms with Crippen molar-refractivity contribution in [3.8, 4) is 0 Å². The molecule has 1 N–H and O–H groups in total. The third-order valence-electron chi connectivity index (χ3n) is 5.92. The lowest BCUT2D eigenvalue weighted by Gasteiger charge is -2.44. The van der Waals surface area contributed by atoms with Crippen molar-refractivity contribution in [3.63, 3.8) is 0 Å². The number of aliphatic hydroxyl groups excluding tert-OH is 1. The normalized spacial score (nSPS) is 23.8. The maximum absolute atomic E-state index is 11.5. The summed E-state index contributed by atoms with van der Waals surface area (Å²) in [5.41, 5.74) is 2.90. The first-order chi connectivity index (χ1) is 17.6. The van der Waals surface area contributed by atoms with Crippen molar-refractivity contribution in [3.05, 3.63) is 108 Å². The molecule has 1 fully saturated rings. The summed E-state index contributed by atoms with van der Waals surface area (Å²) in [5.74, 6) is -0.445. The van der Waals surface area contributed by atoms with E-state index in [0.29, 0.717) is 0 Å². The summed E-state index contributed by atoms with van der Waals surface area (Å²) in [6.07, 6.45) is -4.24. The number of aliphatic hydroxyl groups is 1. The van der Waals surface area contributed by atoms with E-state index >= 15 is 0 Å². The lowest BCUT2D eigenvalue weighted by molar-refractivity contribution is -0.315. The average molecular weight is 493 g/mol. The number of carbonyl (C=O) groups excluding carboxylic acids is 1. The van der Waals surface area contributed by atoms with Gasteiger partial charge in [-0.05, 0) is 16.7 Å². The molecule has 7 nitrogen and oxygen atoms in total. The number of esters is 1. The molecule has 36 heavy (non-hydrogen) atoms. The van der Waals surface area contributed by atoms with Gasteiger partial charge in [-0.1, -0.05) is 91.0 Å². The molecule has 7 heteroatoms. The fraction of sp³-hybridized carbons (Fsp3) is 0.345. The Morgan fingerprint density at radius 2 is 1.11 bits per heavy atom. The number of rotatable bonds is 11. The number of carbonyl (C=O) groups is 1. The lowest BCUT2D eigenvalue weighted by Crippen LogP contribution is -2.61. The summed E-state index contributed by atoms with van der Waals surface area (Å²) >= 11 is 0. The predicted molar refractivity (Wildman–Crippen MR) is 133 cm³/mol. The predicted octanol–water partition coefficient (Wildman–Crippen LogP) is 4.02. The molecule has 3 aromatic carbocycles. The molecular formula is C29H32O7. The molecule has 2 unspecified atom stereocenters. The van der Waals surface area contributed by atoms with Gasteiger partial charge in [0.2, 0.25) is 0 Å². The first-order valence-corrected chi connectivity index (χ1v) is 12.0. The standard InChI is InChI=1S/C29H32O7/c1-21(30)32-20-25-26(33-17-22-11-5-2-6-12-22)27(34-18-23-13-7-3-8-14-23)28(29(31)36-25)35-19-24-15-9-4-10-16-24/h2-16,25-29,31H,17-20H2,1H3/t25?,26-,27+,28?,29+/m0/s1. The summed E-state index contributed by atoms with van der Waals surface area (Å²) in [7, 11) is 0. The maximum Gasteiger partial charge on any atom is 0.302 e. The Kier molecular flexibility index (Phi) is 9.61. The molecule has 3 aromatic rings. The second kappa shape index (κ2) is 13.3. The molecule has 190 valence electrons. The second-order valence-electron chi connectivity index (χ2n) is 8.65. The average Bonchev–Trinajstić information content (AvgIpc) is 2.91. The fourth-order valence-electron chi connectivity index (χ4n) is 4.10. The van der Waals surface area contributed by atoms with Crippen molar-refractivity contribution in [1.82, 2.24) is 0 Å². The monoisotopic (exact) mass is 492 g/mol. The van der Waals surface area contributed by atoms with Gasteiger partial charge in [0.25, 0.3) is 0 Å². The van der Waals surface area contributed by atoms with Crippen LogP contribution in [-0.2, 0) is 48.3 Å². The first-order valence-electron chi connectivity index (χ1n) is 12.0. The fourth-order valence-corrected chi connectivity index (χ4v) is 4.10. The van der Waals surface area contributed by atoms with Crippen molar-refractivity contribution in [1.29, 1.82) is 0 Å². The van der Waals surface area contributed by atoms with Crippen molar-refractivity contribution < 1.29 is 33.6 Å². The highest BCUT2D eigenvalue weighted by Crippen LogP contribution is 2.30. The van der Waals surface area contributed by atoms with E-state index in [2.05, 4.69) is 0 Å². The summed E-state index contributed by atoms with van der Waals surface area (Å²) in [6.45, 7) is 2.08. The smallest absolute Gasteiger partial charge is 0.302 e. The van der Waals surface area contributed by atoms with E-state index in [9.17, 15) is 9.90 Å². The molecule has 0 aliphatic carbocycles. The molecule has 0 saturated carbocycles. The van der Waals surface area contributed by atoms with Crippen LogP contribution in [0.25, 0.3) is 0 Å². The molecule has 0 aromatic heterocycles. The van der Waals surface area contributed by atoms with Crippen LogP contribution in [0.2, 0.25) is 0 Å². The molecule has 1 aliphatic rings. The van der Waals surface area contributed by atoms with E-state index < -0.39 is 36.7 Å². The van der Waals surface area contributed by atoms with Gasteiger partial charge in [-0.2, -0.15) is 0 Å². The molecule has 4 rings (SSSR count). The van der Waals surface area contributed by atoms with E-state index in [1.54, 1.807) is 0 Å². The number of hydrogen-bond donors (Lipinski definition) is 1. The molecule has 1 heterocycles. The minimum atomic E-state index is -1.30. The molecule has 1 saturated heterocycles. The summed E-state index contributed by atoms with van der Waals surface area (Å²) in [5, 5.41) is 10.9. The van der Waals surface area contributed by atoms with Crippen molar-refractivity contribution in [2.75, 3.05) is 6.61 Å². The Bertz CT molecular complexity index is 1040. The Labute approximate surface area is 211 Å². The van der Waals surface area contributed by atoms with Crippen LogP contribution < -0.4 is 0 Å². The maximum atomic E-state index is 11.5. The molecule has 0 spiro atoms. The highest BCUT2D eigenvalue weighted by atomic mass is 16.7. The van der Waals surface area contributed by atoms with E-state index in [1.165, 1.54) is 6.92 Å². The van der Waals surface area contributed by atoms with Gasteiger partial charge in [0.15, 0.2) is 6.29 Å². The Morgan fingerprint density at radius 3 is 1.56 bits per heavy atom. The van der Waals surface area contributed by atoms with E-state index in [0.717, 1.165) is 16.7 Å². The van der Waals surface area contributed by atoms with Crippen molar-refractivity contribution in [2.24, 2.45) is 0 Å². The SMILES string of the molecule is CC(=O)OCC1O[C@@H](O)C(OCc2ccccc2)[C@H](OCc2ccccc2)[C@H]1OCc1ccccc1. The summed E-state index contributed by atoms with van der Waals surface area (Å²) in [6, 6.07) is 29.2. The highest BCUT2D eigenvalue weighted by Gasteiger charge is 2.48. The van der Waals surface area contributed by atoms with Crippen LogP contribution in [0.4, 0.5) is 0 Å². The second-order valence-corrected chi connectivity index (χ2v) is 8.65. The Morgan fingerprint density at radius 1 is 0.694 bits per heavy atom. The van der Waals surface area contributed by atoms with Crippen LogP contribution in [0.15, 0.2) is 91.0 Å². The molecular weight excluding hydrogens is 460 g/mol. The van der Waals surface area contributed by atoms with Crippen LogP contribution in [0.1, 0.15) is 23.6 Å². The molecule has 1 aliphatic heterocycles. The van der Waals surface area contributed by atoms with Gasteiger partial charge < -0.3 is 28.8 Å². The quantitative estimate of drug-likeness (QED) is 0.405. The minimum Gasteiger partial charge on any atom is -0.463 e. The molecule has 0 bridgehead atoms. The van der Waals surface area contributed by atoms with Gasteiger partial charge in [-0.25, -0.2) is 0 Å². The molecule has 0 radical (unpaired) electrons. The van der Waals surface area contributed by atoms with Crippen molar-refractivity contribution in [2.45, 2.75) is 57.5 Å². The number of benzene rings is 3. The number of ether oxygens (including phenoxy) is 5. The van der Waals surface area contributed by atoms with Crippen LogP contribution >= 0.6 is 0 Å². The zero-order chi connectivity index (χ0) is 25.2.